The van der Waals surface area contributed by atoms with Crippen molar-refractivity contribution in [3.8, 4) is 0 Å². The second kappa shape index (κ2) is 10.9. The predicted octanol–water partition coefficient (Wildman–Crippen LogP) is 4.48. The van der Waals surface area contributed by atoms with Crippen LogP contribution in [0.25, 0.3) is 0 Å². The first-order valence-electron chi connectivity index (χ1n) is 9.53. The van der Waals surface area contributed by atoms with E-state index in [4.69, 9.17) is 28.4 Å². The van der Waals surface area contributed by atoms with E-state index in [1.807, 2.05) is 6.07 Å². The minimum atomic E-state index is -0.555. The van der Waals surface area contributed by atoms with Crippen LogP contribution in [-0.2, 0) is 16.0 Å². The first-order valence-corrected chi connectivity index (χ1v) is 10.3. The summed E-state index contributed by atoms with van der Waals surface area (Å²) in [7, 11) is 0. The Balaban J connectivity index is 1.88. The third-order valence-corrected chi connectivity index (χ3v) is 5.80. The van der Waals surface area contributed by atoms with Gasteiger partial charge in [-0.25, -0.2) is 5.48 Å². The smallest absolute Gasteiger partial charge is 0.262 e. The molecule has 27 heavy (non-hydrogen) atoms. The van der Waals surface area contributed by atoms with E-state index in [1.165, 1.54) is 12.8 Å². The van der Waals surface area contributed by atoms with Crippen molar-refractivity contribution in [2.45, 2.75) is 51.9 Å². The molecular weight excluding hydrogens is 387 g/mol. The molecule has 0 aromatic heterocycles. The average molecular weight is 415 g/mol. The number of rotatable bonds is 9. The highest BCUT2D eigenvalue weighted by Gasteiger charge is 2.24. The molecule has 7 heteroatoms. The molecule has 2 rings (SSSR count). The van der Waals surface area contributed by atoms with E-state index in [2.05, 4.69) is 6.92 Å². The molecule has 1 unspecified atom stereocenters. The number of hydrogen-bond donors (Lipinski definition) is 2. The summed E-state index contributed by atoms with van der Waals surface area (Å²) >= 11 is 12.3. The third-order valence-electron chi connectivity index (χ3n) is 5.19. The van der Waals surface area contributed by atoms with Gasteiger partial charge >= 0.3 is 0 Å². The van der Waals surface area contributed by atoms with Gasteiger partial charge in [0.2, 0.25) is 5.91 Å². The summed E-state index contributed by atoms with van der Waals surface area (Å²) in [5.74, 6) is 0.0997. The van der Waals surface area contributed by atoms with Crippen molar-refractivity contribution in [2.24, 2.45) is 11.8 Å². The number of nitrogens with zero attached hydrogens (tertiary/aromatic N) is 1. The van der Waals surface area contributed by atoms with Crippen molar-refractivity contribution in [1.82, 2.24) is 10.4 Å². The Bertz CT molecular complexity index is 648. The van der Waals surface area contributed by atoms with Crippen LogP contribution in [0.15, 0.2) is 18.2 Å². The molecule has 1 aliphatic carbocycles. The lowest BCUT2D eigenvalue weighted by Crippen LogP contribution is -2.42. The van der Waals surface area contributed by atoms with Gasteiger partial charge in [0.1, 0.15) is 6.54 Å². The first-order chi connectivity index (χ1) is 12.9. The Hall–Kier alpha value is -1.30. The molecular formula is C20H28Cl2N2O3. The molecule has 1 fully saturated rings. The zero-order chi connectivity index (χ0) is 19.8. The normalized spacial score (nSPS) is 15.6. The SMILES string of the molecule is CC(CCC(=O)N(CC(=O)NO)CC1CCCC1)Cc1cc(Cl)ccc1Cl. The fraction of sp³-hybridized carbons (Fsp3) is 0.600. The summed E-state index contributed by atoms with van der Waals surface area (Å²) in [6.07, 6.45) is 6.34. The van der Waals surface area contributed by atoms with Crippen molar-refractivity contribution >= 4 is 35.0 Å². The average Bonchev–Trinajstić information content (AvgIpc) is 3.15. The maximum absolute atomic E-state index is 12.7. The van der Waals surface area contributed by atoms with Crippen LogP contribution in [0.3, 0.4) is 0 Å². The summed E-state index contributed by atoms with van der Waals surface area (Å²) in [6.45, 7) is 2.56. The number of hydrogen-bond acceptors (Lipinski definition) is 3. The number of amides is 2. The van der Waals surface area contributed by atoms with Gasteiger partial charge in [-0.05, 0) is 61.3 Å². The van der Waals surface area contributed by atoms with Crippen LogP contribution in [0.4, 0.5) is 0 Å². The lowest BCUT2D eigenvalue weighted by molar-refractivity contribution is -0.140. The molecule has 1 aromatic rings. The number of carbonyl (C=O) groups is 2. The van der Waals surface area contributed by atoms with Crippen LogP contribution in [0.5, 0.6) is 0 Å². The van der Waals surface area contributed by atoms with Gasteiger partial charge in [-0.15, -0.1) is 0 Å². The van der Waals surface area contributed by atoms with Crippen molar-refractivity contribution in [2.75, 3.05) is 13.1 Å². The number of benzene rings is 1. The monoisotopic (exact) mass is 414 g/mol. The first kappa shape index (κ1) is 22.0. The summed E-state index contributed by atoms with van der Waals surface area (Å²) in [4.78, 5) is 25.8. The van der Waals surface area contributed by atoms with Crippen molar-refractivity contribution < 1.29 is 14.8 Å². The van der Waals surface area contributed by atoms with Gasteiger partial charge in [-0.2, -0.15) is 0 Å². The van der Waals surface area contributed by atoms with Gasteiger partial charge in [0.25, 0.3) is 5.91 Å². The van der Waals surface area contributed by atoms with Crippen LogP contribution < -0.4 is 5.48 Å². The Morgan fingerprint density at radius 1 is 1.30 bits per heavy atom. The minimum absolute atomic E-state index is 0.0467. The van der Waals surface area contributed by atoms with Crippen LogP contribution in [0.2, 0.25) is 10.0 Å². The molecule has 1 aliphatic rings. The molecule has 0 aliphatic heterocycles. The van der Waals surface area contributed by atoms with E-state index >= 15 is 0 Å². The maximum atomic E-state index is 12.7. The summed E-state index contributed by atoms with van der Waals surface area (Å²) in [6, 6.07) is 5.41. The molecule has 0 saturated heterocycles. The van der Waals surface area contributed by atoms with E-state index in [1.54, 1.807) is 22.5 Å². The molecule has 2 N–H and O–H groups in total. The molecule has 0 bridgehead atoms. The van der Waals surface area contributed by atoms with E-state index < -0.39 is 5.91 Å². The topological polar surface area (TPSA) is 69.6 Å². The molecule has 1 aromatic carbocycles. The fourth-order valence-electron chi connectivity index (χ4n) is 3.67. The lowest BCUT2D eigenvalue weighted by atomic mass is 9.96. The standard InChI is InChI=1S/C20H28Cl2N2O3/c1-14(10-16-11-17(21)7-8-18(16)22)6-9-20(26)24(13-19(25)23-27)12-15-4-2-3-5-15/h7-8,11,14-15,27H,2-6,9-10,12-13H2,1H3,(H,23,25). The Kier molecular flexibility index (Phi) is 8.87. The van der Waals surface area contributed by atoms with Crippen LogP contribution >= 0.6 is 23.2 Å². The van der Waals surface area contributed by atoms with E-state index in [0.29, 0.717) is 35.3 Å². The van der Waals surface area contributed by atoms with Gasteiger partial charge in [0, 0.05) is 23.0 Å². The highest BCUT2D eigenvalue weighted by Crippen LogP contribution is 2.27. The van der Waals surface area contributed by atoms with Gasteiger partial charge in [0.05, 0.1) is 0 Å². The van der Waals surface area contributed by atoms with Crippen molar-refractivity contribution in [3.63, 3.8) is 0 Å². The van der Waals surface area contributed by atoms with Gasteiger partial charge < -0.3 is 4.90 Å². The van der Waals surface area contributed by atoms with Crippen LogP contribution in [-0.4, -0.2) is 35.0 Å². The number of carbonyl (C=O) groups excluding carboxylic acids is 2. The summed E-state index contributed by atoms with van der Waals surface area (Å²) in [5.41, 5.74) is 2.60. The molecule has 0 radical (unpaired) electrons. The Morgan fingerprint density at radius 2 is 2.00 bits per heavy atom. The largest absolute Gasteiger partial charge is 0.333 e. The molecule has 1 atom stereocenters. The quantitative estimate of drug-likeness (QED) is 0.462. The molecule has 2 amide bonds. The van der Waals surface area contributed by atoms with Gasteiger partial charge in [-0.1, -0.05) is 43.0 Å². The Labute approximate surface area is 171 Å². The lowest BCUT2D eigenvalue weighted by Gasteiger charge is -2.25. The predicted molar refractivity (Wildman–Crippen MR) is 107 cm³/mol. The number of nitrogens with one attached hydrogen (secondary N) is 1. The fourth-order valence-corrected chi connectivity index (χ4v) is 4.06. The molecule has 0 heterocycles. The second-order valence-corrected chi connectivity index (χ2v) is 8.39. The number of halogens is 2. The van der Waals surface area contributed by atoms with Crippen LogP contribution in [0, 0.1) is 11.8 Å². The zero-order valence-corrected chi connectivity index (χ0v) is 17.2. The molecule has 0 spiro atoms. The highest BCUT2D eigenvalue weighted by atomic mass is 35.5. The maximum Gasteiger partial charge on any atom is 0.262 e. The third kappa shape index (κ3) is 7.32. The second-order valence-electron chi connectivity index (χ2n) is 7.54. The van der Waals surface area contributed by atoms with Gasteiger partial charge in [0.15, 0.2) is 0 Å². The Morgan fingerprint density at radius 3 is 2.67 bits per heavy atom. The minimum Gasteiger partial charge on any atom is -0.333 e. The molecule has 1 saturated carbocycles. The van der Waals surface area contributed by atoms with E-state index in [-0.39, 0.29) is 18.4 Å². The summed E-state index contributed by atoms with van der Waals surface area (Å²) in [5, 5.41) is 10.1. The van der Waals surface area contributed by atoms with E-state index in [0.717, 1.165) is 24.8 Å². The van der Waals surface area contributed by atoms with Crippen LogP contribution in [0.1, 0.15) is 51.0 Å². The summed E-state index contributed by atoms with van der Waals surface area (Å²) < 4.78 is 0. The van der Waals surface area contributed by atoms with E-state index in [9.17, 15) is 9.59 Å². The number of hydroxylamine groups is 1. The highest BCUT2D eigenvalue weighted by molar-refractivity contribution is 6.33. The molecule has 5 nitrogen and oxygen atoms in total. The van der Waals surface area contributed by atoms with Gasteiger partial charge in [-0.3, -0.25) is 14.8 Å². The molecule has 150 valence electrons. The van der Waals surface area contributed by atoms with Crippen molar-refractivity contribution in [3.05, 3.63) is 33.8 Å². The zero-order valence-electron chi connectivity index (χ0n) is 15.7. The van der Waals surface area contributed by atoms with Crippen molar-refractivity contribution in [1.29, 1.82) is 0 Å².